The molecule has 106 valence electrons. The van der Waals surface area contributed by atoms with Crippen molar-refractivity contribution in [3.05, 3.63) is 0 Å². The molecule has 0 spiro atoms. The topological polar surface area (TPSA) is 105 Å². The fourth-order valence-corrected chi connectivity index (χ4v) is 2.79. The average Bonchev–Trinajstić information content (AvgIpc) is 2.28. The number of carboxylic acids is 1. The number of nitrogens with one attached hydrogen (secondary N) is 1. The SMILES string of the molecule is COCCNS(=O)(=O)N1CCOC(CC(=O)O)C1. The molecule has 0 aliphatic carbocycles. The van der Waals surface area contributed by atoms with Crippen LogP contribution in [-0.2, 0) is 24.5 Å². The number of carboxylic acid groups (broad SMARTS) is 1. The molecule has 9 heteroatoms. The predicted molar refractivity (Wildman–Crippen MR) is 62.4 cm³/mol. The molecule has 1 rings (SSSR count). The van der Waals surface area contributed by atoms with Gasteiger partial charge in [0.2, 0.25) is 0 Å². The van der Waals surface area contributed by atoms with Gasteiger partial charge < -0.3 is 14.6 Å². The van der Waals surface area contributed by atoms with Gasteiger partial charge in [-0.25, -0.2) is 0 Å². The van der Waals surface area contributed by atoms with Gasteiger partial charge in [-0.05, 0) is 0 Å². The highest BCUT2D eigenvalue weighted by atomic mass is 32.2. The van der Waals surface area contributed by atoms with E-state index in [1.165, 1.54) is 11.4 Å². The summed E-state index contributed by atoms with van der Waals surface area (Å²) in [7, 11) is -2.12. The molecule has 8 nitrogen and oxygen atoms in total. The Hall–Kier alpha value is -0.740. The molecular formula is C9H18N2O6S. The van der Waals surface area contributed by atoms with Gasteiger partial charge in [-0.1, -0.05) is 0 Å². The first-order valence-electron chi connectivity index (χ1n) is 5.53. The summed E-state index contributed by atoms with van der Waals surface area (Å²) in [5.41, 5.74) is 0. The maximum atomic E-state index is 11.8. The molecule has 0 aromatic carbocycles. The van der Waals surface area contributed by atoms with Gasteiger partial charge in [-0.15, -0.1) is 0 Å². The number of aliphatic carboxylic acids is 1. The zero-order valence-corrected chi connectivity index (χ0v) is 11.0. The molecule has 0 aromatic rings. The van der Waals surface area contributed by atoms with Crippen LogP contribution in [0.2, 0.25) is 0 Å². The standard InChI is InChI=1S/C9H18N2O6S/c1-16-4-2-10-18(14,15)11-3-5-17-8(7-11)6-9(12)13/h8,10H,2-7H2,1H3,(H,12,13). The van der Waals surface area contributed by atoms with Crippen molar-refractivity contribution in [2.45, 2.75) is 12.5 Å². The van der Waals surface area contributed by atoms with Crippen molar-refractivity contribution in [3.8, 4) is 0 Å². The van der Waals surface area contributed by atoms with Crippen molar-refractivity contribution in [3.63, 3.8) is 0 Å². The van der Waals surface area contributed by atoms with E-state index >= 15 is 0 Å². The fraction of sp³-hybridized carbons (Fsp3) is 0.889. The lowest BCUT2D eigenvalue weighted by Gasteiger charge is -2.31. The summed E-state index contributed by atoms with van der Waals surface area (Å²) in [5, 5.41) is 8.65. The molecule has 1 heterocycles. The molecule has 1 saturated heterocycles. The van der Waals surface area contributed by atoms with E-state index < -0.39 is 22.3 Å². The first kappa shape index (κ1) is 15.3. The number of hydrogen-bond donors (Lipinski definition) is 2. The van der Waals surface area contributed by atoms with Gasteiger partial charge >= 0.3 is 5.97 Å². The second kappa shape index (κ2) is 7.00. The monoisotopic (exact) mass is 282 g/mol. The van der Waals surface area contributed by atoms with E-state index in [4.69, 9.17) is 14.6 Å². The minimum Gasteiger partial charge on any atom is -0.481 e. The lowest BCUT2D eigenvalue weighted by atomic mass is 10.2. The molecule has 1 fully saturated rings. The second-order valence-corrected chi connectivity index (χ2v) is 5.60. The summed E-state index contributed by atoms with van der Waals surface area (Å²) in [6.07, 6.45) is -0.806. The Labute approximate surface area is 106 Å². The summed E-state index contributed by atoms with van der Waals surface area (Å²) in [5.74, 6) is -1.01. The molecule has 0 saturated carbocycles. The first-order chi connectivity index (χ1) is 8.45. The van der Waals surface area contributed by atoms with E-state index in [1.807, 2.05) is 0 Å². The zero-order chi connectivity index (χ0) is 13.6. The van der Waals surface area contributed by atoms with Crippen LogP contribution < -0.4 is 4.72 Å². The molecule has 0 amide bonds. The number of ether oxygens (including phenoxy) is 2. The van der Waals surface area contributed by atoms with Crippen LogP contribution >= 0.6 is 0 Å². The van der Waals surface area contributed by atoms with Gasteiger partial charge in [0.15, 0.2) is 0 Å². The Morgan fingerprint density at radius 3 is 2.94 bits per heavy atom. The third-order valence-corrected chi connectivity index (χ3v) is 4.01. The van der Waals surface area contributed by atoms with E-state index in [9.17, 15) is 13.2 Å². The van der Waals surface area contributed by atoms with Crippen LogP contribution in [0.1, 0.15) is 6.42 Å². The highest BCUT2D eigenvalue weighted by Gasteiger charge is 2.30. The molecule has 1 unspecified atom stereocenters. The predicted octanol–water partition coefficient (Wildman–Crippen LogP) is -1.36. The lowest BCUT2D eigenvalue weighted by Crippen LogP contribution is -2.50. The summed E-state index contributed by atoms with van der Waals surface area (Å²) in [4.78, 5) is 10.6. The Balaban J connectivity index is 2.51. The van der Waals surface area contributed by atoms with Crippen LogP contribution in [0.25, 0.3) is 0 Å². The number of hydrogen-bond acceptors (Lipinski definition) is 5. The van der Waals surface area contributed by atoms with E-state index in [0.717, 1.165) is 0 Å². The Morgan fingerprint density at radius 1 is 1.61 bits per heavy atom. The summed E-state index contributed by atoms with van der Waals surface area (Å²) >= 11 is 0. The van der Waals surface area contributed by atoms with Crippen LogP contribution in [0.3, 0.4) is 0 Å². The van der Waals surface area contributed by atoms with Gasteiger partial charge in [0.25, 0.3) is 10.2 Å². The number of carbonyl (C=O) groups is 1. The third-order valence-electron chi connectivity index (χ3n) is 2.43. The molecule has 18 heavy (non-hydrogen) atoms. The molecule has 0 bridgehead atoms. The van der Waals surface area contributed by atoms with Gasteiger partial charge in [-0.2, -0.15) is 17.4 Å². The van der Waals surface area contributed by atoms with E-state index in [1.54, 1.807) is 0 Å². The minimum absolute atomic E-state index is 0.0502. The lowest BCUT2D eigenvalue weighted by molar-refractivity contribution is -0.141. The maximum absolute atomic E-state index is 11.8. The first-order valence-corrected chi connectivity index (χ1v) is 6.97. The van der Waals surface area contributed by atoms with Crippen molar-refractivity contribution >= 4 is 16.2 Å². The zero-order valence-electron chi connectivity index (χ0n) is 10.2. The normalized spacial score (nSPS) is 21.9. The number of methoxy groups -OCH3 is 1. The van der Waals surface area contributed by atoms with Crippen LogP contribution in [0, 0.1) is 0 Å². The van der Waals surface area contributed by atoms with E-state index in [0.29, 0.717) is 0 Å². The summed E-state index contributed by atoms with van der Waals surface area (Å²) < 4.78 is 37.2. The molecule has 0 aromatic heterocycles. The quantitative estimate of drug-likeness (QED) is 0.559. The smallest absolute Gasteiger partial charge is 0.306 e. The average molecular weight is 282 g/mol. The van der Waals surface area contributed by atoms with Gasteiger partial charge in [0.1, 0.15) is 0 Å². The summed E-state index contributed by atoms with van der Waals surface area (Å²) in [6.45, 7) is 0.929. The highest BCUT2D eigenvalue weighted by Crippen LogP contribution is 2.11. The largest absolute Gasteiger partial charge is 0.481 e. The van der Waals surface area contributed by atoms with Gasteiger partial charge in [-0.3, -0.25) is 4.79 Å². The number of rotatable bonds is 7. The number of nitrogens with zero attached hydrogens (tertiary/aromatic N) is 1. The van der Waals surface area contributed by atoms with Crippen molar-refractivity contribution in [1.82, 2.24) is 9.03 Å². The van der Waals surface area contributed by atoms with Crippen LogP contribution in [0.5, 0.6) is 0 Å². The van der Waals surface area contributed by atoms with Crippen molar-refractivity contribution in [2.75, 3.05) is 40.0 Å². The molecular weight excluding hydrogens is 264 g/mol. The van der Waals surface area contributed by atoms with Crippen LogP contribution in [-0.4, -0.2) is 69.9 Å². The van der Waals surface area contributed by atoms with Crippen LogP contribution in [0.4, 0.5) is 0 Å². The molecule has 0 radical (unpaired) electrons. The Morgan fingerprint density at radius 2 is 2.33 bits per heavy atom. The fourth-order valence-electron chi connectivity index (χ4n) is 1.59. The van der Waals surface area contributed by atoms with Gasteiger partial charge in [0, 0.05) is 26.7 Å². The third kappa shape index (κ3) is 4.86. The molecule has 2 N–H and O–H groups in total. The Kier molecular flexibility index (Phi) is 5.96. The van der Waals surface area contributed by atoms with Crippen LogP contribution in [0.15, 0.2) is 0 Å². The molecule has 1 aliphatic heterocycles. The molecule has 1 atom stereocenters. The number of morpholine rings is 1. The van der Waals surface area contributed by atoms with Crippen molar-refractivity contribution < 1.29 is 27.8 Å². The second-order valence-electron chi connectivity index (χ2n) is 3.84. The highest BCUT2D eigenvalue weighted by molar-refractivity contribution is 7.87. The summed E-state index contributed by atoms with van der Waals surface area (Å²) in [6, 6.07) is 0. The maximum Gasteiger partial charge on any atom is 0.306 e. The molecule has 1 aliphatic rings. The van der Waals surface area contributed by atoms with E-state index in [2.05, 4.69) is 4.72 Å². The minimum atomic E-state index is -3.59. The van der Waals surface area contributed by atoms with Crippen molar-refractivity contribution in [1.29, 1.82) is 0 Å². The van der Waals surface area contributed by atoms with Crippen molar-refractivity contribution in [2.24, 2.45) is 0 Å². The Bertz CT molecular complexity index is 371. The van der Waals surface area contributed by atoms with E-state index in [-0.39, 0.29) is 39.3 Å². The van der Waals surface area contributed by atoms with Gasteiger partial charge in [0.05, 0.1) is 25.7 Å².